The highest BCUT2D eigenvalue weighted by atomic mass is 35.5. The minimum atomic E-state index is -0.518. The van der Waals surface area contributed by atoms with Crippen molar-refractivity contribution in [3.63, 3.8) is 0 Å². The van der Waals surface area contributed by atoms with Gasteiger partial charge in [0.2, 0.25) is 5.91 Å². The van der Waals surface area contributed by atoms with Gasteiger partial charge in [-0.15, -0.1) is 0 Å². The van der Waals surface area contributed by atoms with Crippen LogP contribution in [0.4, 0.5) is 4.39 Å². The van der Waals surface area contributed by atoms with Crippen molar-refractivity contribution in [3.8, 4) is 11.3 Å². The molecule has 25 heavy (non-hydrogen) atoms. The van der Waals surface area contributed by atoms with Crippen molar-refractivity contribution in [1.29, 1.82) is 0 Å². The first kappa shape index (κ1) is 17.2. The highest BCUT2D eigenvalue weighted by molar-refractivity contribution is 6.31. The Labute approximate surface area is 148 Å². The first-order valence-corrected chi connectivity index (χ1v) is 8.21. The SMILES string of the molecule is CC(C)NC(=O)Cc1c(-c2ccc(F)c(Cl)c2)[nH]c2cc(=O)ccn12. The molecular formula is C18H17ClFN3O2. The molecule has 0 aliphatic rings. The fourth-order valence-electron chi connectivity index (χ4n) is 2.72. The van der Waals surface area contributed by atoms with Gasteiger partial charge in [-0.2, -0.15) is 0 Å². The number of nitrogens with zero attached hydrogens (tertiary/aromatic N) is 1. The third kappa shape index (κ3) is 3.58. The predicted octanol–water partition coefficient (Wildman–Crippen LogP) is 3.15. The summed E-state index contributed by atoms with van der Waals surface area (Å²) in [7, 11) is 0. The highest BCUT2D eigenvalue weighted by Crippen LogP contribution is 2.28. The first-order valence-electron chi connectivity index (χ1n) is 7.83. The molecule has 0 aliphatic carbocycles. The first-order chi connectivity index (χ1) is 11.8. The molecule has 2 aromatic heterocycles. The molecule has 5 nitrogen and oxygen atoms in total. The highest BCUT2D eigenvalue weighted by Gasteiger charge is 2.17. The van der Waals surface area contributed by atoms with Crippen LogP contribution in [0.25, 0.3) is 16.9 Å². The Morgan fingerprint density at radius 2 is 2.08 bits per heavy atom. The van der Waals surface area contributed by atoms with Gasteiger partial charge in [0.05, 0.1) is 22.8 Å². The molecule has 0 saturated carbocycles. The van der Waals surface area contributed by atoms with Crippen molar-refractivity contribution in [3.05, 3.63) is 63.3 Å². The molecule has 0 atom stereocenters. The molecule has 1 aromatic carbocycles. The van der Waals surface area contributed by atoms with Gasteiger partial charge in [0.1, 0.15) is 11.5 Å². The summed E-state index contributed by atoms with van der Waals surface area (Å²) < 4.78 is 15.2. The topological polar surface area (TPSA) is 66.4 Å². The number of halogens is 2. The largest absolute Gasteiger partial charge is 0.354 e. The Balaban J connectivity index is 2.15. The monoisotopic (exact) mass is 361 g/mol. The molecule has 7 heteroatoms. The van der Waals surface area contributed by atoms with Crippen LogP contribution in [-0.4, -0.2) is 21.3 Å². The number of H-pyrrole nitrogens is 1. The van der Waals surface area contributed by atoms with E-state index in [9.17, 15) is 14.0 Å². The van der Waals surface area contributed by atoms with E-state index in [1.54, 1.807) is 16.7 Å². The number of fused-ring (bicyclic) bond motifs is 1. The van der Waals surface area contributed by atoms with Gasteiger partial charge in [0.25, 0.3) is 0 Å². The van der Waals surface area contributed by atoms with Crippen molar-refractivity contribution in [1.82, 2.24) is 14.7 Å². The van der Waals surface area contributed by atoms with Gasteiger partial charge < -0.3 is 14.7 Å². The summed E-state index contributed by atoms with van der Waals surface area (Å²) in [6.45, 7) is 3.76. The number of carbonyl (C=O) groups is 1. The molecule has 130 valence electrons. The summed E-state index contributed by atoms with van der Waals surface area (Å²) in [5.41, 5.74) is 2.32. The zero-order valence-electron chi connectivity index (χ0n) is 13.8. The number of nitrogens with one attached hydrogen (secondary N) is 2. The van der Waals surface area contributed by atoms with E-state index in [1.165, 1.54) is 24.3 Å². The lowest BCUT2D eigenvalue weighted by Crippen LogP contribution is -2.31. The Morgan fingerprint density at radius 1 is 1.32 bits per heavy atom. The van der Waals surface area contributed by atoms with E-state index >= 15 is 0 Å². The molecule has 0 spiro atoms. The second-order valence-corrected chi connectivity index (χ2v) is 6.50. The number of imidazole rings is 1. The van der Waals surface area contributed by atoms with Crippen LogP contribution in [0.1, 0.15) is 19.5 Å². The quantitative estimate of drug-likeness (QED) is 0.749. The summed E-state index contributed by atoms with van der Waals surface area (Å²) >= 11 is 5.89. The summed E-state index contributed by atoms with van der Waals surface area (Å²) in [4.78, 5) is 27.0. The average Bonchev–Trinajstić information content (AvgIpc) is 2.87. The number of benzene rings is 1. The van der Waals surface area contributed by atoms with E-state index in [1.807, 2.05) is 13.8 Å². The van der Waals surface area contributed by atoms with Gasteiger partial charge in [-0.25, -0.2) is 4.39 Å². The molecule has 3 aromatic rings. The minimum absolute atomic E-state index is 0.0109. The molecule has 0 unspecified atom stereocenters. The Morgan fingerprint density at radius 3 is 2.76 bits per heavy atom. The fourth-order valence-corrected chi connectivity index (χ4v) is 2.90. The Bertz CT molecular complexity index is 1010. The minimum Gasteiger partial charge on any atom is -0.354 e. The van der Waals surface area contributed by atoms with Crippen LogP contribution >= 0.6 is 11.6 Å². The van der Waals surface area contributed by atoms with Gasteiger partial charge >= 0.3 is 0 Å². The second-order valence-electron chi connectivity index (χ2n) is 6.09. The number of pyridine rings is 1. The van der Waals surface area contributed by atoms with Crippen LogP contribution in [0.2, 0.25) is 5.02 Å². The maximum absolute atomic E-state index is 13.5. The van der Waals surface area contributed by atoms with Gasteiger partial charge in [0.15, 0.2) is 5.43 Å². The third-order valence-corrected chi connectivity index (χ3v) is 4.03. The third-order valence-electron chi connectivity index (χ3n) is 3.74. The number of hydrogen-bond donors (Lipinski definition) is 2. The maximum atomic E-state index is 13.5. The van der Waals surface area contributed by atoms with E-state index in [4.69, 9.17) is 11.6 Å². The summed E-state index contributed by atoms with van der Waals surface area (Å²) in [6, 6.07) is 7.22. The molecule has 0 aliphatic heterocycles. The average molecular weight is 362 g/mol. The van der Waals surface area contributed by atoms with Crippen molar-refractivity contribution in [2.45, 2.75) is 26.3 Å². The molecule has 1 amide bonds. The fraction of sp³-hybridized carbons (Fsp3) is 0.222. The Kier molecular flexibility index (Phi) is 4.63. The van der Waals surface area contributed by atoms with E-state index in [2.05, 4.69) is 10.3 Å². The van der Waals surface area contributed by atoms with E-state index in [-0.39, 0.29) is 28.8 Å². The maximum Gasteiger partial charge on any atom is 0.226 e. The lowest BCUT2D eigenvalue weighted by molar-refractivity contribution is -0.120. The summed E-state index contributed by atoms with van der Waals surface area (Å²) in [5, 5.41) is 2.83. The molecule has 2 N–H and O–H groups in total. The number of aromatic nitrogens is 2. The number of hydrogen-bond acceptors (Lipinski definition) is 2. The molecule has 0 fully saturated rings. The Hall–Kier alpha value is -2.60. The zero-order chi connectivity index (χ0) is 18.1. The second kappa shape index (κ2) is 6.72. The number of aromatic amines is 1. The van der Waals surface area contributed by atoms with E-state index in [0.717, 1.165) is 0 Å². The normalized spacial score (nSPS) is 11.2. The van der Waals surface area contributed by atoms with Gasteiger partial charge in [-0.05, 0) is 32.0 Å². The number of rotatable bonds is 4. The van der Waals surface area contributed by atoms with Gasteiger partial charge in [-0.1, -0.05) is 11.6 Å². The van der Waals surface area contributed by atoms with Crippen molar-refractivity contribution in [2.24, 2.45) is 0 Å². The van der Waals surface area contributed by atoms with Crippen LogP contribution in [0.15, 0.2) is 41.3 Å². The van der Waals surface area contributed by atoms with E-state index < -0.39 is 5.82 Å². The van der Waals surface area contributed by atoms with Crippen molar-refractivity contribution >= 4 is 23.2 Å². The predicted molar refractivity (Wildman–Crippen MR) is 95.4 cm³/mol. The van der Waals surface area contributed by atoms with Gasteiger partial charge in [0, 0.05) is 29.9 Å². The van der Waals surface area contributed by atoms with Crippen LogP contribution < -0.4 is 10.7 Å². The molecule has 0 saturated heterocycles. The molecular weight excluding hydrogens is 345 g/mol. The standard InChI is InChI=1S/C18H17ClFN3O2/c1-10(2)21-17(25)9-15-18(11-3-4-14(20)13(19)7-11)22-16-8-12(24)5-6-23(15)16/h3-8,10,22H,9H2,1-2H3,(H,21,25). The van der Waals surface area contributed by atoms with E-state index in [0.29, 0.717) is 22.6 Å². The summed E-state index contributed by atoms with van der Waals surface area (Å²) in [5.74, 6) is -0.667. The van der Waals surface area contributed by atoms with Crippen LogP contribution in [0.3, 0.4) is 0 Å². The lowest BCUT2D eigenvalue weighted by atomic mass is 10.1. The number of carbonyl (C=O) groups excluding carboxylic acids is 1. The van der Waals surface area contributed by atoms with Crippen LogP contribution in [0.5, 0.6) is 0 Å². The molecule has 2 heterocycles. The molecule has 0 bridgehead atoms. The van der Waals surface area contributed by atoms with Crippen molar-refractivity contribution < 1.29 is 9.18 Å². The smallest absolute Gasteiger partial charge is 0.226 e. The molecule has 3 rings (SSSR count). The van der Waals surface area contributed by atoms with Crippen molar-refractivity contribution in [2.75, 3.05) is 0 Å². The summed E-state index contributed by atoms with van der Waals surface area (Å²) in [6.07, 6.45) is 1.71. The molecule has 0 radical (unpaired) electrons. The van der Waals surface area contributed by atoms with Crippen LogP contribution in [-0.2, 0) is 11.2 Å². The van der Waals surface area contributed by atoms with Gasteiger partial charge in [-0.3, -0.25) is 9.59 Å². The number of amides is 1. The van der Waals surface area contributed by atoms with Crippen LogP contribution in [0, 0.1) is 5.82 Å². The zero-order valence-corrected chi connectivity index (χ0v) is 14.5. The lowest BCUT2D eigenvalue weighted by Gasteiger charge is -2.10.